The number of carbonyl (C=O) groups is 1. The maximum atomic E-state index is 9.63. The van der Waals surface area contributed by atoms with Crippen LogP contribution >= 0.6 is 0 Å². The van der Waals surface area contributed by atoms with Gasteiger partial charge in [-0.15, -0.1) is 0 Å². The Kier molecular flexibility index (Phi) is 31.0. The van der Waals surface area contributed by atoms with E-state index in [9.17, 15) is 14.4 Å². The number of hydrogen-bond donors (Lipinski definition) is 3. The second-order valence-electron chi connectivity index (χ2n) is 3.56. The van der Waals surface area contributed by atoms with Crippen molar-refractivity contribution < 1.29 is 29.3 Å². The molecule has 0 aliphatic carbocycles. The zero-order valence-electron chi connectivity index (χ0n) is 12.9. The maximum Gasteiger partial charge on any atom is 0.404 e. The van der Waals surface area contributed by atoms with Crippen LogP contribution in [0, 0.1) is 0 Å². The molecule has 0 radical (unpaired) electrons. The molecule has 0 heterocycles. The van der Waals surface area contributed by atoms with Crippen molar-refractivity contribution in [3.05, 3.63) is 0 Å². The van der Waals surface area contributed by atoms with Crippen molar-refractivity contribution in [3.8, 4) is 0 Å². The van der Waals surface area contributed by atoms with Gasteiger partial charge in [0.25, 0.3) is 0 Å². The number of amides is 1. The number of unbranched alkanes of at least 4 members (excludes halogenated alkanes) is 3. The summed E-state index contributed by atoms with van der Waals surface area (Å²) in [5, 5.41) is 15.2. The van der Waals surface area contributed by atoms with Crippen molar-refractivity contribution in [2.24, 2.45) is 15.7 Å². The number of carbonyl (C=O) groups excluding carboxylic acids is 3. The highest BCUT2D eigenvalue weighted by atomic mass is 16.5. The number of ether oxygens (including phenoxy) is 1. The number of primary amides is 1. The van der Waals surface area contributed by atoms with Crippen molar-refractivity contribution in [3.63, 3.8) is 0 Å². The average Bonchev–Trinajstić information content (AvgIpc) is 2.51. The molecule has 9 heteroatoms. The molecule has 1 amide bonds. The Hall–Kier alpha value is -2.05. The number of aliphatic imine (C=N–C) groups is 2. The van der Waals surface area contributed by atoms with Gasteiger partial charge in [0.15, 0.2) is 0 Å². The maximum absolute atomic E-state index is 9.63. The molecule has 0 aromatic carbocycles. The standard InChI is InChI=1S/C8H12N2O2.C3H7NO2.C2H6O2/c11-7-9-5-3-1-2-4-6-10-8-12;1-2-6-3(4)5;3-1-2-4/h1-6H2;2H2,1H3,(H2,4,5);3-4H,1-2H2. The van der Waals surface area contributed by atoms with E-state index in [4.69, 9.17) is 10.2 Å². The van der Waals surface area contributed by atoms with E-state index in [1.807, 2.05) is 0 Å². The Morgan fingerprint density at radius 2 is 1.41 bits per heavy atom. The van der Waals surface area contributed by atoms with Crippen molar-refractivity contribution in [1.82, 2.24) is 0 Å². The molecule has 0 aliphatic rings. The Balaban J connectivity index is -0.000000300. The van der Waals surface area contributed by atoms with Gasteiger partial charge in [-0.3, -0.25) is 0 Å². The van der Waals surface area contributed by atoms with Gasteiger partial charge in [0, 0.05) is 0 Å². The molecule has 4 N–H and O–H groups in total. The first-order valence-corrected chi connectivity index (χ1v) is 6.81. The van der Waals surface area contributed by atoms with E-state index >= 15 is 0 Å². The third-order valence-corrected chi connectivity index (χ3v) is 1.81. The van der Waals surface area contributed by atoms with E-state index in [1.165, 1.54) is 12.2 Å². The minimum Gasteiger partial charge on any atom is -0.450 e. The van der Waals surface area contributed by atoms with Crippen molar-refractivity contribution in [1.29, 1.82) is 0 Å². The SMILES string of the molecule is CCOC(N)=O.O=C=NCCCCCCN=C=O.OCCO. The lowest BCUT2D eigenvalue weighted by molar-refractivity contribution is 0.163. The number of nitrogens with two attached hydrogens (primary N) is 1. The number of nitrogens with zero attached hydrogens (tertiary/aromatic N) is 2. The number of aliphatic hydroxyl groups excluding tert-OH is 2. The number of hydrogen-bond acceptors (Lipinski definition) is 8. The van der Waals surface area contributed by atoms with Crippen LogP contribution in [-0.2, 0) is 14.3 Å². The highest BCUT2D eigenvalue weighted by Crippen LogP contribution is 1.99. The summed E-state index contributed by atoms with van der Waals surface area (Å²) in [6.45, 7) is 2.92. The lowest BCUT2D eigenvalue weighted by Gasteiger charge is -1.93. The summed E-state index contributed by atoms with van der Waals surface area (Å²) in [6, 6.07) is 0. The molecular weight excluding hydrogens is 294 g/mol. The van der Waals surface area contributed by atoms with Crippen molar-refractivity contribution in [2.75, 3.05) is 32.9 Å². The van der Waals surface area contributed by atoms with E-state index < -0.39 is 6.09 Å². The Morgan fingerprint density at radius 3 is 1.59 bits per heavy atom. The summed E-state index contributed by atoms with van der Waals surface area (Å²) >= 11 is 0. The molecule has 0 rings (SSSR count). The van der Waals surface area contributed by atoms with E-state index in [0.717, 1.165) is 25.7 Å². The Labute approximate surface area is 129 Å². The Bertz CT molecular complexity index is 302. The van der Waals surface area contributed by atoms with Gasteiger partial charge in [-0.05, 0) is 19.8 Å². The van der Waals surface area contributed by atoms with E-state index in [-0.39, 0.29) is 13.2 Å². The van der Waals surface area contributed by atoms with Gasteiger partial charge in [-0.25, -0.2) is 24.4 Å². The number of aliphatic hydroxyl groups is 2. The predicted molar refractivity (Wildman–Crippen MR) is 79.8 cm³/mol. The van der Waals surface area contributed by atoms with Crippen LogP contribution in [0.3, 0.4) is 0 Å². The van der Waals surface area contributed by atoms with Crippen LogP contribution in [-0.4, -0.2) is 61.4 Å². The molecule has 22 heavy (non-hydrogen) atoms. The molecule has 0 aromatic heterocycles. The van der Waals surface area contributed by atoms with Crippen molar-refractivity contribution >= 4 is 18.3 Å². The van der Waals surface area contributed by atoms with Gasteiger partial charge in [-0.2, -0.15) is 0 Å². The first-order valence-electron chi connectivity index (χ1n) is 6.81. The summed E-state index contributed by atoms with van der Waals surface area (Å²) in [6.07, 6.45) is 6.09. The second kappa shape index (κ2) is 27.3. The fourth-order valence-electron chi connectivity index (χ4n) is 0.969. The largest absolute Gasteiger partial charge is 0.450 e. The van der Waals surface area contributed by atoms with Crippen LogP contribution in [0.1, 0.15) is 32.6 Å². The van der Waals surface area contributed by atoms with Gasteiger partial charge < -0.3 is 20.7 Å². The number of rotatable bonds is 9. The highest BCUT2D eigenvalue weighted by molar-refractivity contribution is 5.64. The molecule has 0 aliphatic heterocycles. The zero-order valence-corrected chi connectivity index (χ0v) is 12.9. The zero-order chi connectivity index (χ0) is 17.5. The summed E-state index contributed by atoms with van der Waals surface area (Å²) in [5.74, 6) is 0. The molecule has 0 aromatic rings. The molecule has 0 saturated carbocycles. The topological polar surface area (TPSA) is 152 Å². The van der Waals surface area contributed by atoms with Gasteiger partial charge in [-0.1, -0.05) is 12.8 Å². The predicted octanol–water partition coefficient (Wildman–Crippen LogP) is 0.291. The Morgan fingerprint density at radius 1 is 1.00 bits per heavy atom. The number of isocyanates is 2. The van der Waals surface area contributed by atoms with Gasteiger partial charge >= 0.3 is 6.09 Å². The molecule has 128 valence electrons. The van der Waals surface area contributed by atoms with Gasteiger partial charge in [0.05, 0.1) is 32.9 Å². The summed E-state index contributed by atoms with van der Waals surface area (Å²) < 4.78 is 4.18. The fourth-order valence-corrected chi connectivity index (χ4v) is 0.969. The van der Waals surface area contributed by atoms with E-state index in [1.54, 1.807) is 6.92 Å². The molecule has 0 unspecified atom stereocenters. The average molecular weight is 319 g/mol. The van der Waals surface area contributed by atoms with Crippen LogP contribution in [0.4, 0.5) is 4.79 Å². The third-order valence-electron chi connectivity index (χ3n) is 1.81. The van der Waals surface area contributed by atoms with Gasteiger partial charge in [0.1, 0.15) is 0 Å². The smallest absolute Gasteiger partial charge is 0.404 e. The molecule has 0 spiro atoms. The third kappa shape index (κ3) is 43.0. The normalized spacial score (nSPS) is 7.95. The van der Waals surface area contributed by atoms with Crippen LogP contribution in [0.5, 0.6) is 0 Å². The quantitative estimate of drug-likeness (QED) is 0.315. The van der Waals surface area contributed by atoms with Crippen LogP contribution < -0.4 is 5.73 Å². The fraction of sp³-hybridized carbons (Fsp3) is 0.769. The molecule has 0 atom stereocenters. The minimum absolute atomic E-state index is 0.125. The molecule has 0 bridgehead atoms. The van der Waals surface area contributed by atoms with Crippen LogP contribution in [0.2, 0.25) is 0 Å². The summed E-state index contributed by atoms with van der Waals surface area (Å²) in [7, 11) is 0. The molecular formula is C13H25N3O6. The van der Waals surface area contributed by atoms with Crippen LogP contribution in [0.15, 0.2) is 9.98 Å². The second-order valence-corrected chi connectivity index (χ2v) is 3.56. The highest BCUT2D eigenvalue weighted by Gasteiger charge is 1.87. The molecule has 0 saturated heterocycles. The first-order chi connectivity index (χ1) is 10.6. The summed E-state index contributed by atoms with van der Waals surface area (Å²) in [4.78, 5) is 35.7. The van der Waals surface area contributed by atoms with E-state index in [0.29, 0.717) is 19.7 Å². The first kappa shape index (κ1) is 24.9. The van der Waals surface area contributed by atoms with Crippen LogP contribution in [0.25, 0.3) is 0 Å². The molecule has 0 fully saturated rings. The van der Waals surface area contributed by atoms with Crippen molar-refractivity contribution in [2.45, 2.75) is 32.6 Å². The van der Waals surface area contributed by atoms with Gasteiger partial charge in [0.2, 0.25) is 12.2 Å². The monoisotopic (exact) mass is 319 g/mol. The lowest BCUT2D eigenvalue weighted by Crippen LogP contribution is -2.11. The molecule has 9 nitrogen and oxygen atoms in total. The summed E-state index contributed by atoms with van der Waals surface area (Å²) in [5.41, 5.74) is 4.54. The minimum atomic E-state index is -0.711. The lowest BCUT2D eigenvalue weighted by atomic mass is 10.2. The van der Waals surface area contributed by atoms with E-state index in [2.05, 4.69) is 20.5 Å².